The number of carboxylic acid groups (broad SMARTS) is 1. The summed E-state index contributed by atoms with van der Waals surface area (Å²) in [5, 5.41) is 23.0. The highest BCUT2D eigenvalue weighted by atomic mass is 32.1. The van der Waals surface area contributed by atoms with Gasteiger partial charge < -0.3 is 24.4 Å². The van der Waals surface area contributed by atoms with Crippen molar-refractivity contribution in [2.24, 2.45) is 0 Å². The lowest BCUT2D eigenvalue weighted by atomic mass is 9.90. The number of carboxylic acids is 1. The molecule has 0 fully saturated rings. The Balaban J connectivity index is 2.16. The van der Waals surface area contributed by atoms with Crippen LogP contribution in [0.1, 0.15) is 10.4 Å². The molecule has 1 unspecified atom stereocenters. The second-order valence-electron chi connectivity index (χ2n) is 6.00. The molecule has 0 aliphatic rings. The standard InChI is InChI=1S/C21H20O6S/c1-25-16-10-15(11-17(26-2)19(16)27-3)21(24,20(22)23)18-9-14(12-28-18)13-7-5-4-6-8-13/h4-12,24H,1-3H3,(H,22,23). The molecular weight excluding hydrogens is 380 g/mol. The number of rotatable bonds is 7. The van der Waals surface area contributed by atoms with E-state index in [2.05, 4.69) is 0 Å². The minimum Gasteiger partial charge on any atom is -0.493 e. The van der Waals surface area contributed by atoms with Crippen molar-refractivity contribution >= 4 is 17.3 Å². The van der Waals surface area contributed by atoms with Crippen LogP contribution in [0.4, 0.5) is 0 Å². The van der Waals surface area contributed by atoms with Crippen molar-refractivity contribution in [2.45, 2.75) is 5.60 Å². The van der Waals surface area contributed by atoms with Gasteiger partial charge in [-0.15, -0.1) is 11.3 Å². The molecule has 1 heterocycles. The minimum atomic E-state index is -2.27. The van der Waals surface area contributed by atoms with E-state index in [1.807, 2.05) is 35.7 Å². The highest BCUT2D eigenvalue weighted by Crippen LogP contribution is 2.44. The largest absolute Gasteiger partial charge is 0.493 e. The molecule has 0 spiro atoms. The van der Waals surface area contributed by atoms with E-state index < -0.39 is 11.6 Å². The fraction of sp³-hybridized carbons (Fsp3) is 0.190. The Kier molecular flexibility index (Phi) is 5.58. The van der Waals surface area contributed by atoms with Crippen molar-refractivity contribution in [2.75, 3.05) is 21.3 Å². The monoisotopic (exact) mass is 400 g/mol. The van der Waals surface area contributed by atoms with Crippen LogP contribution in [0.15, 0.2) is 53.9 Å². The summed E-state index contributed by atoms with van der Waals surface area (Å²) in [6.45, 7) is 0. The van der Waals surface area contributed by atoms with Crippen LogP contribution in [0, 0.1) is 0 Å². The van der Waals surface area contributed by atoms with Gasteiger partial charge in [-0.05, 0) is 34.7 Å². The molecule has 3 rings (SSSR count). The average Bonchev–Trinajstić information content (AvgIpc) is 3.23. The fourth-order valence-corrected chi connectivity index (χ4v) is 4.00. The van der Waals surface area contributed by atoms with Gasteiger partial charge in [0.1, 0.15) is 0 Å². The van der Waals surface area contributed by atoms with E-state index in [9.17, 15) is 15.0 Å². The molecule has 146 valence electrons. The van der Waals surface area contributed by atoms with Crippen LogP contribution >= 0.6 is 11.3 Å². The number of carbonyl (C=O) groups is 1. The van der Waals surface area contributed by atoms with Gasteiger partial charge in [-0.25, -0.2) is 4.79 Å². The predicted molar refractivity (Wildman–Crippen MR) is 106 cm³/mol. The van der Waals surface area contributed by atoms with Crippen molar-refractivity contribution in [1.82, 2.24) is 0 Å². The molecule has 0 aliphatic heterocycles. The molecule has 28 heavy (non-hydrogen) atoms. The van der Waals surface area contributed by atoms with Crippen molar-refractivity contribution < 1.29 is 29.2 Å². The predicted octanol–water partition coefficient (Wildman–Crippen LogP) is 3.76. The first-order valence-electron chi connectivity index (χ1n) is 8.36. The molecule has 3 aromatic rings. The van der Waals surface area contributed by atoms with Crippen LogP contribution in [-0.4, -0.2) is 37.5 Å². The van der Waals surface area contributed by atoms with Gasteiger partial charge in [0.2, 0.25) is 11.4 Å². The number of aliphatic hydroxyl groups is 1. The number of aliphatic carboxylic acids is 1. The quantitative estimate of drug-likeness (QED) is 0.628. The highest BCUT2D eigenvalue weighted by Gasteiger charge is 2.43. The summed E-state index contributed by atoms with van der Waals surface area (Å²) in [6, 6.07) is 14.1. The van der Waals surface area contributed by atoms with Gasteiger partial charge in [0, 0.05) is 5.56 Å². The van der Waals surface area contributed by atoms with Crippen LogP contribution in [0.5, 0.6) is 17.2 Å². The normalized spacial score (nSPS) is 12.9. The van der Waals surface area contributed by atoms with Crippen LogP contribution in [0.25, 0.3) is 11.1 Å². The van der Waals surface area contributed by atoms with Crippen LogP contribution in [0.2, 0.25) is 0 Å². The number of benzene rings is 2. The summed E-state index contributed by atoms with van der Waals surface area (Å²) in [6.07, 6.45) is 0. The van der Waals surface area contributed by atoms with Crippen molar-refractivity contribution in [3.05, 3.63) is 64.4 Å². The molecule has 2 N–H and O–H groups in total. The molecule has 7 heteroatoms. The maximum Gasteiger partial charge on any atom is 0.346 e. The Labute approximate surface area is 166 Å². The summed E-state index contributed by atoms with van der Waals surface area (Å²) in [5.41, 5.74) is -0.406. The number of hydrogen-bond acceptors (Lipinski definition) is 6. The first kappa shape index (κ1) is 19.7. The zero-order valence-electron chi connectivity index (χ0n) is 15.6. The maximum absolute atomic E-state index is 12.2. The van der Waals surface area contributed by atoms with E-state index in [4.69, 9.17) is 14.2 Å². The van der Waals surface area contributed by atoms with E-state index in [-0.39, 0.29) is 21.9 Å². The van der Waals surface area contributed by atoms with Gasteiger partial charge in [-0.3, -0.25) is 0 Å². The fourth-order valence-electron chi connectivity index (χ4n) is 2.97. The third kappa shape index (κ3) is 3.30. The number of ether oxygens (including phenoxy) is 3. The molecule has 0 bridgehead atoms. The summed E-state index contributed by atoms with van der Waals surface area (Å²) in [5.74, 6) is -0.561. The summed E-state index contributed by atoms with van der Waals surface area (Å²) < 4.78 is 15.9. The second-order valence-corrected chi connectivity index (χ2v) is 6.91. The van der Waals surface area contributed by atoms with Gasteiger partial charge in [0.25, 0.3) is 0 Å². The molecule has 1 atom stereocenters. The highest BCUT2D eigenvalue weighted by molar-refractivity contribution is 7.10. The first-order chi connectivity index (χ1) is 13.4. The molecule has 0 amide bonds. The van der Waals surface area contributed by atoms with Gasteiger partial charge in [-0.2, -0.15) is 0 Å². The van der Waals surface area contributed by atoms with E-state index >= 15 is 0 Å². The molecule has 0 radical (unpaired) electrons. The third-order valence-electron chi connectivity index (χ3n) is 4.46. The smallest absolute Gasteiger partial charge is 0.346 e. The van der Waals surface area contributed by atoms with Crippen molar-refractivity contribution in [3.63, 3.8) is 0 Å². The Morgan fingerprint density at radius 2 is 1.54 bits per heavy atom. The van der Waals surface area contributed by atoms with Gasteiger partial charge in [0.05, 0.1) is 26.2 Å². The number of thiophene rings is 1. The molecular formula is C21H20O6S. The van der Waals surface area contributed by atoms with Gasteiger partial charge in [0.15, 0.2) is 11.5 Å². The minimum absolute atomic E-state index is 0.107. The second kappa shape index (κ2) is 7.92. The molecule has 1 aromatic heterocycles. The van der Waals surface area contributed by atoms with Crippen LogP contribution < -0.4 is 14.2 Å². The number of methoxy groups -OCH3 is 3. The van der Waals surface area contributed by atoms with Gasteiger partial charge >= 0.3 is 5.97 Å². The Morgan fingerprint density at radius 3 is 2.04 bits per heavy atom. The Morgan fingerprint density at radius 1 is 0.929 bits per heavy atom. The van der Waals surface area contributed by atoms with Crippen molar-refractivity contribution in [1.29, 1.82) is 0 Å². The van der Waals surface area contributed by atoms with E-state index in [0.717, 1.165) is 11.1 Å². The SMILES string of the molecule is COc1cc(C(O)(C(=O)O)c2cc(-c3ccccc3)cs2)cc(OC)c1OC. The molecule has 6 nitrogen and oxygen atoms in total. The summed E-state index contributed by atoms with van der Waals surface area (Å²) >= 11 is 1.17. The zero-order chi connectivity index (χ0) is 20.3. The maximum atomic E-state index is 12.2. The average molecular weight is 400 g/mol. The zero-order valence-corrected chi connectivity index (χ0v) is 16.4. The van der Waals surface area contributed by atoms with Gasteiger partial charge in [-0.1, -0.05) is 30.3 Å². The Bertz CT molecular complexity index is 957. The Hall–Kier alpha value is -3.03. The van der Waals surface area contributed by atoms with Crippen molar-refractivity contribution in [3.8, 4) is 28.4 Å². The summed E-state index contributed by atoms with van der Waals surface area (Å²) in [7, 11) is 4.31. The lowest BCUT2D eigenvalue weighted by Gasteiger charge is -2.24. The molecule has 0 saturated heterocycles. The molecule has 2 aromatic carbocycles. The first-order valence-corrected chi connectivity index (χ1v) is 9.24. The van der Waals surface area contributed by atoms with E-state index in [0.29, 0.717) is 5.75 Å². The number of hydrogen-bond donors (Lipinski definition) is 2. The third-order valence-corrected chi connectivity index (χ3v) is 5.49. The lowest BCUT2D eigenvalue weighted by Crippen LogP contribution is -2.36. The molecule has 0 aliphatic carbocycles. The van der Waals surface area contributed by atoms with Crippen LogP contribution in [-0.2, 0) is 10.4 Å². The lowest BCUT2D eigenvalue weighted by molar-refractivity contribution is -0.154. The van der Waals surface area contributed by atoms with E-state index in [1.165, 1.54) is 44.8 Å². The van der Waals surface area contributed by atoms with Crippen LogP contribution in [0.3, 0.4) is 0 Å². The van der Waals surface area contributed by atoms with E-state index in [1.54, 1.807) is 6.07 Å². The molecule has 0 saturated carbocycles. The summed E-state index contributed by atoms with van der Waals surface area (Å²) in [4.78, 5) is 12.4. The topological polar surface area (TPSA) is 85.2 Å².